The van der Waals surface area contributed by atoms with Gasteiger partial charge in [-0.25, -0.2) is 14.2 Å². The average molecular weight is 405 g/mol. The molecule has 1 saturated heterocycles. The molecule has 6 nitrogen and oxygen atoms in total. The number of aromatic nitrogens is 2. The quantitative estimate of drug-likeness (QED) is 0.651. The van der Waals surface area contributed by atoms with Gasteiger partial charge in [-0.05, 0) is 49.1 Å². The maximum Gasteiger partial charge on any atom is 0.319 e. The number of amides is 2. The van der Waals surface area contributed by atoms with Crippen LogP contribution < -0.4 is 15.5 Å². The number of anilines is 2. The first-order chi connectivity index (χ1) is 14.7. The van der Waals surface area contributed by atoms with E-state index in [0.29, 0.717) is 11.3 Å². The number of carbonyl (C=O) groups excluding carboxylic acids is 1. The number of carbonyl (C=O) groups is 1. The Labute approximate surface area is 175 Å². The van der Waals surface area contributed by atoms with Gasteiger partial charge in [0.2, 0.25) is 0 Å². The smallest absolute Gasteiger partial charge is 0.319 e. The zero-order valence-electron chi connectivity index (χ0n) is 16.6. The van der Waals surface area contributed by atoms with Crippen LogP contribution in [0, 0.1) is 5.82 Å². The van der Waals surface area contributed by atoms with Crippen molar-refractivity contribution in [3.8, 4) is 11.3 Å². The molecule has 0 radical (unpaired) electrons. The van der Waals surface area contributed by atoms with E-state index in [1.807, 2.05) is 24.3 Å². The van der Waals surface area contributed by atoms with E-state index in [1.165, 1.54) is 18.6 Å². The molecule has 2 heterocycles. The van der Waals surface area contributed by atoms with Gasteiger partial charge in [-0.3, -0.25) is 4.98 Å². The van der Waals surface area contributed by atoms with Crippen LogP contribution >= 0.6 is 0 Å². The van der Waals surface area contributed by atoms with Crippen LogP contribution in [0.25, 0.3) is 11.3 Å². The molecule has 4 rings (SSSR count). The molecule has 0 bridgehead atoms. The van der Waals surface area contributed by atoms with Crippen molar-refractivity contribution in [3.05, 3.63) is 72.3 Å². The first-order valence-corrected chi connectivity index (χ1v) is 10.1. The second kappa shape index (κ2) is 9.35. The van der Waals surface area contributed by atoms with E-state index < -0.39 is 0 Å². The Morgan fingerprint density at radius 1 is 1.00 bits per heavy atom. The van der Waals surface area contributed by atoms with Crippen molar-refractivity contribution in [2.45, 2.75) is 25.8 Å². The predicted molar refractivity (Wildman–Crippen MR) is 116 cm³/mol. The summed E-state index contributed by atoms with van der Waals surface area (Å²) in [6.45, 7) is 2.20. The summed E-state index contributed by atoms with van der Waals surface area (Å²) < 4.78 is 13.3. The maximum absolute atomic E-state index is 13.3. The summed E-state index contributed by atoms with van der Waals surface area (Å²) >= 11 is 0. The molecule has 3 aromatic rings. The lowest BCUT2D eigenvalue weighted by atomic mass is 10.1. The molecule has 2 aromatic carbocycles. The molecular formula is C23H24FN5O. The van der Waals surface area contributed by atoms with Gasteiger partial charge in [-0.15, -0.1) is 0 Å². The number of piperidine rings is 1. The SMILES string of the molecule is O=C(NCc1cccc(F)c1)Nc1cccc(-c2nccnc2N2CCCCC2)c1. The van der Waals surface area contributed by atoms with E-state index in [9.17, 15) is 9.18 Å². The monoisotopic (exact) mass is 405 g/mol. The van der Waals surface area contributed by atoms with Crippen molar-refractivity contribution in [2.24, 2.45) is 0 Å². The van der Waals surface area contributed by atoms with E-state index in [-0.39, 0.29) is 18.4 Å². The average Bonchev–Trinajstić information content (AvgIpc) is 2.79. The number of urea groups is 1. The van der Waals surface area contributed by atoms with Crippen molar-refractivity contribution in [1.82, 2.24) is 15.3 Å². The van der Waals surface area contributed by atoms with Crippen molar-refractivity contribution in [2.75, 3.05) is 23.3 Å². The van der Waals surface area contributed by atoms with Crippen molar-refractivity contribution >= 4 is 17.5 Å². The summed E-state index contributed by atoms with van der Waals surface area (Å²) in [5, 5.41) is 5.57. The minimum atomic E-state index is -0.355. The molecule has 1 fully saturated rings. The van der Waals surface area contributed by atoms with Crippen molar-refractivity contribution in [1.29, 1.82) is 0 Å². The summed E-state index contributed by atoms with van der Waals surface area (Å²) in [6.07, 6.45) is 6.96. The minimum Gasteiger partial charge on any atom is -0.355 e. The zero-order valence-corrected chi connectivity index (χ0v) is 16.6. The standard InChI is InChI=1S/C23H24FN5O/c24-19-8-4-6-17(14-19)16-27-23(30)28-20-9-5-7-18(15-20)21-22(26-11-10-25-21)29-12-2-1-3-13-29/h4-11,14-15H,1-3,12-13,16H2,(H2,27,28,30). The van der Waals surface area contributed by atoms with Gasteiger partial charge < -0.3 is 15.5 Å². The zero-order chi connectivity index (χ0) is 20.8. The van der Waals surface area contributed by atoms with Crippen LogP contribution in [0.4, 0.5) is 20.7 Å². The maximum atomic E-state index is 13.3. The second-order valence-electron chi connectivity index (χ2n) is 7.29. The van der Waals surface area contributed by atoms with E-state index in [4.69, 9.17) is 0 Å². The summed E-state index contributed by atoms with van der Waals surface area (Å²) in [5.41, 5.74) is 3.05. The first-order valence-electron chi connectivity index (χ1n) is 10.1. The number of halogens is 1. The molecular weight excluding hydrogens is 381 g/mol. The summed E-state index contributed by atoms with van der Waals surface area (Å²) in [4.78, 5) is 23.7. The van der Waals surface area contributed by atoms with Crippen molar-refractivity contribution < 1.29 is 9.18 Å². The van der Waals surface area contributed by atoms with Crippen LogP contribution in [0.15, 0.2) is 60.9 Å². The number of hydrogen-bond donors (Lipinski definition) is 2. The summed E-state index contributed by atoms with van der Waals surface area (Å²) in [6, 6.07) is 13.4. The van der Waals surface area contributed by atoms with E-state index in [1.54, 1.807) is 24.5 Å². The minimum absolute atomic E-state index is 0.243. The predicted octanol–water partition coefficient (Wildman–Crippen LogP) is 4.59. The highest BCUT2D eigenvalue weighted by molar-refractivity contribution is 5.90. The lowest BCUT2D eigenvalue weighted by molar-refractivity contribution is 0.251. The van der Waals surface area contributed by atoms with Gasteiger partial charge >= 0.3 is 6.03 Å². The number of rotatable bonds is 5. The van der Waals surface area contributed by atoms with Crippen LogP contribution in [0.1, 0.15) is 24.8 Å². The molecule has 2 amide bonds. The fraction of sp³-hybridized carbons (Fsp3) is 0.261. The molecule has 1 aromatic heterocycles. The van der Waals surface area contributed by atoms with Gasteiger partial charge in [0.25, 0.3) is 0 Å². The highest BCUT2D eigenvalue weighted by atomic mass is 19.1. The fourth-order valence-corrected chi connectivity index (χ4v) is 3.62. The second-order valence-corrected chi connectivity index (χ2v) is 7.29. The largest absolute Gasteiger partial charge is 0.355 e. The first kappa shape index (κ1) is 19.8. The van der Waals surface area contributed by atoms with Crippen LogP contribution in [0.3, 0.4) is 0 Å². The van der Waals surface area contributed by atoms with Gasteiger partial charge in [-0.2, -0.15) is 0 Å². The third-order valence-electron chi connectivity index (χ3n) is 5.07. The topological polar surface area (TPSA) is 70.1 Å². The third-order valence-corrected chi connectivity index (χ3v) is 5.07. The van der Waals surface area contributed by atoms with Gasteiger partial charge in [0.15, 0.2) is 5.82 Å². The molecule has 7 heteroatoms. The lowest BCUT2D eigenvalue weighted by Gasteiger charge is -2.28. The normalized spacial score (nSPS) is 13.7. The van der Waals surface area contributed by atoms with Crippen molar-refractivity contribution in [3.63, 3.8) is 0 Å². The molecule has 1 aliphatic rings. The number of hydrogen-bond acceptors (Lipinski definition) is 4. The highest BCUT2D eigenvalue weighted by Gasteiger charge is 2.18. The summed E-state index contributed by atoms with van der Waals surface area (Å²) in [7, 11) is 0. The molecule has 1 aliphatic heterocycles. The van der Waals surface area contributed by atoms with Crippen LogP contribution in [0.5, 0.6) is 0 Å². The molecule has 0 atom stereocenters. The Balaban J connectivity index is 1.46. The third kappa shape index (κ3) is 4.92. The van der Waals surface area contributed by atoms with Crippen LogP contribution in [-0.2, 0) is 6.54 Å². The molecule has 30 heavy (non-hydrogen) atoms. The van der Waals surface area contributed by atoms with Crippen LogP contribution in [0.2, 0.25) is 0 Å². The highest BCUT2D eigenvalue weighted by Crippen LogP contribution is 2.30. The summed E-state index contributed by atoms with van der Waals surface area (Å²) in [5.74, 6) is 0.556. The molecule has 154 valence electrons. The van der Waals surface area contributed by atoms with E-state index in [0.717, 1.165) is 43.0 Å². The van der Waals surface area contributed by atoms with Gasteiger partial charge in [-0.1, -0.05) is 24.3 Å². The van der Waals surface area contributed by atoms with Crippen LogP contribution in [-0.4, -0.2) is 29.1 Å². The van der Waals surface area contributed by atoms with E-state index >= 15 is 0 Å². The number of nitrogens with one attached hydrogen (secondary N) is 2. The van der Waals surface area contributed by atoms with Gasteiger partial charge in [0.05, 0.1) is 0 Å². The van der Waals surface area contributed by atoms with E-state index in [2.05, 4.69) is 25.5 Å². The Bertz CT molecular complexity index is 1020. The van der Waals surface area contributed by atoms with Gasteiger partial charge in [0.1, 0.15) is 11.5 Å². The Morgan fingerprint density at radius 3 is 2.63 bits per heavy atom. The Hall–Kier alpha value is -3.48. The molecule has 0 spiro atoms. The van der Waals surface area contributed by atoms with Gasteiger partial charge in [0, 0.05) is 43.3 Å². The molecule has 0 unspecified atom stereocenters. The molecule has 0 saturated carbocycles. The molecule has 0 aliphatic carbocycles. The number of benzene rings is 2. The Kier molecular flexibility index (Phi) is 6.17. The Morgan fingerprint density at radius 2 is 1.80 bits per heavy atom. The lowest BCUT2D eigenvalue weighted by Crippen LogP contribution is -2.30. The number of nitrogens with zero attached hydrogens (tertiary/aromatic N) is 3. The molecule has 2 N–H and O–H groups in total. The fourth-order valence-electron chi connectivity index (χ4n) is 3.62.